The van der Waals surface area contributed by atoms with Gasteiger partial charge in [0.25, 0.3) is 6.43 Å². The molecule has 1 aliphatic heterocycles. The summed E-state index contributed by atoms with van der Waals surface area (Å²) in [5.74, 6) is -0.962. The lowest BCUT2D eigenvalue weighted by molar-refractivity contribution is -0.133. The van der Waals surface area contributed by atoms with E-state index in [-0.39, 0.29) is 11.5 Å². The van der Waals surface area contributed by atoms with Gasteiger partial charge in [0.1, 0.15) is 11.4 Å². The number of pyridine rings is 2. The average Bonchev–Trinajstić information content (AvgIpc) is 2.79. The van der Waals surface area contributed by atoms with E-state index in [0.717, 1.165) is 6.07 Å². The van der Waals surface area contributed by atoms with Crippen LogP contribution in [0.15, 0.2) is 42.7 Å². The molecule has 0 spiro atoms. The average molecular weight is 458 g/mol. The molecule has 1 amide bonds. The van der Waals surface area contributed by atoms with Crippen LogP contribution in [0.4, 0.5) is 18.9 Å². The molecule has 1 saturated heterocycles. The number of likely N-dealkylation sites (tertiary alicyclic amines) is 1. The van der Waals surface area contributed by atoms with Crippen molar-refractivity contribution in [1.82, 2.24) is 14.9 Å². The number of fused-ring (bicyclic) bond motifs is 1. The van der Waals surface area contributed by atoms with Gasteiger partial charge in [0, 0.05) is 42.8 Å². The molecule has 3 aromatic rings. The number of carbonyl (C=O) groups excluding carboxylic acids is 1. The Labute approximate surface area is 189 Å². The van der Waals surface area contributed by atoms with Gasteiger partial charge in [0.2, 0.25) is 5.91 Å². The van der Waals surface area contributed by atoms with Crippen LogP contribution in [-0.2, 0) is 10.4 Å². The number of anilines is 1. The molecule has 174 valence electrons. The third-order valence-electron chi connectivity index (χ3n) is 6.27. The fraction of sp³-hybridized carbons (Fsp3) is 0.375. The van der Waals surface area contributed by atoms with Gasteiger partial charge in [-0.1, -0.05) is 18.2 Å². The molecule has 3 heterocycles. The molecule has 1 atom stereocenters. The van der Waals surface area contributed by atoms with E-state index in [0.29, 0.717) is 48.2 Å². The van der Waals surface area contributed by atoms with Crippen molar-refractivity contribution in [2.45, 2.75) is 44.8 Å². The van der Waals surface area contributed by atoms with Crippen molar-refractivity contribution in [1.29, 1.82) is 0 Å². The zero-order valence-corrected chi connectivity index (χ0v) is 18.4. The molecule has 6 nitrogen and oxygen atoms in total. The number of nitrogens with one attached hydrogen (secondary N) is 1. The lowest BCUT2D eigenvalue weighted by atomic mass is 9.87. The first kappa shape index (κ1) is 23.0. The number of aromatic nitrogens is 2. The van der Waals surface area contributed by atoms with Crippen molar-refractivity contribution in [3.63, 3.8) is 0 Å². The Kier molecular flexibility index (Phi) is 6.25. The quantitative estimate of drug-likeness (QED) is 0.579. The predicted molar refractivity (Wildman–Crippen MR) is 118 cm³/mol. The maximum Gasteiger partial charge on any atom is 0.266 e. The monoisotopic (exact) mass is 458 g/mol. The van der Waals surface area contributed by atoms with Gasteiger partial charge in [0.15, 0.2) is 0 Å². The first-order valence-corrected chi connectivity index (χ1v) is 10.8. The minimum atomic E-state index is -2.90. The summed E-state index contributed by atoms with van der Waals surface area (Å²) >= 11 is 0. The van der Waals surface area contributed by atoms with Crippen molar-refractivity contribution < 1.29 is 23.1 Å². The van der Waals surface area contributed by atoms with Gasteiger partial charge in [-0.15, -0.1) is 0 Å². The van der Waals surface area contributed by atoms with Crippen LogP contribution in [0.3, 0.4) is 0 Å². The second kappa shape index (κ2) is 8.97. The lowest BCUT2D eigenvalue weighted by Crippen LogP contribution is -2.44. The van der Waals surface area contributed by atoms with Gasteiger partial charge in [-0.05, 0) is 31.9 Å². The third kappa shape index (κ3) is 4.50. The number of halogens is 3. The molecule has 0 saturated carbocycles. The van der Waals surface area contributed by atoms with Gasteiger partial charge >= 0.3 is 0 Å². The van der Waals surface area contributed by atoms with E-state index in [4.69, 9.17) is 0 Å². The van der Waals surface area contributed by atoms with Crippen LogP contribution in [0.2, 0.25) is 0 Å². The van der Waals surface area contributed by atoms with E-state index in [9.17, 15) is 23.1 Å². The van der Waals surface area contributed by atoms with Crippen LogP contribution < -0.4 is 5.32 Å². The molecule has 1 fully saturated rings. The summed E-state index contributed by atoms with van der Waals surface area (Å²) in [5, 5.41) is 15.1. The van der Waals surface area contributed by atoms with Crippen molar-refractivity contribution in [2.24, 2.45) is 0 Å². The number of benzene rings is 1. The Balaban J connectivity index is 1.64. The Bertz CT molecular complexity index is 1180. The van der Waals surface area contributed by atoms with Crippen molar-refractivity contribution >= 4 is 22.5 Å². The van der Waals surface area contributed by atoms with Crippen LogP contribution in [0.25, 0.3) is 10.9 Å². The number of rotatable bonds is 5. The molecule has 9 heteroatoms. The van der Waals surface area contributed by atoms with Gasteiger partial charge in [-0.3, -0.25) is 14.8 Å². The molecule has 1 aliphatic rings. The zero-order valence-electron chi connectivity index (χ0n) is 18.4. The molecule has 2 aromatic heterocycles. The highest BCUT2D eigenvalue weighted by atomic mass is 19.3. The van der Waals surface area contributed by atoms with Gasteiger partial charge in [-0.2, -0.15) is 0 Å². The standard InChI is InChI=1S/C24H25F3N4O2/c1-14(16-4-3-5-17(22(16)25)23(26)27)30-19-6-9-28-20-13-29-21(12-18(19)20)24(33)7-10-31(11-8-24)15(2)32/h3-6,9,12-14,23,33H,7-8,10-11H2,1-2H3,(H,28,30)/t14-/m1/s1. The summed E-state index contributed by atoms with van der Waals surface area (Å²) in [6, 6.07) is 6.81. The Morgan fingerprint density at radius 2 is 1.88 bits per heavy atom. The SMILES string of the molecule is CC(=O)N1CCC(O)(c2cc3c(N[C@H](C)c4cccc(C(F)F)c4F)ccnc3cn2)CC1. The van der Waals surface area contributed by atoms with E-state index in [1.54, 1.807) is 36.4 Å². The second-order valence-corrected chi connectivity index (χ2v) is 8.40. The highest BCUT2D eigenvalue weighted by Gasteiger charge is 2.36. The molecule has 0 unspecified atom stereocenters. The summed E-state index contributed by atoms with van der Waals surface area (Å²) < 4.78 is 40.9. The fourth-order valence-corrected chi connectivity index (χ4v) is 4.26. The second-order valence-electron chi connectivity index (χ2n) is 8.40. The van der Waals surface area contributed by atoms with Gasteiger partial charge < -0.3 is 15.3 Å². The molecule has 4 rings (SSSR count). The van der Waals surface area contributed by atoms with Crippen molar-refractivity contribution in [2.75, 3.05) is 18.4 Å². The number of aliphatic hydroxyl groups is 1. The summed E-state index contributed by atoms with van der Waals surface area (Å²) in [6.45, 7) is 4.05. The maximum absolute atomic E-state index is 14.6. The van der Waals surface area contributed by atoms with Crippen LogP contribution in [0, 0.1) is 5.82 Å². The molecule has 1 aromatic carbocycles. The Hall–Kier alpha value is -3.20. The number of alkyl halides is 2. The fourth-order valence-electron chi connectivity index (χ4n) is 4.26. The molecule has 2 N–H and O–H groups in total. The molecule has 0 bridgehead atoms. The highest BCUT2D eigenvalue weighted by Crippen LogP contribution is 2.35. The number of hydrogen-bond acceptors (Lipinski definition) is 5. The number of carbonyl (C=O) groups is 1. The molecule has 33 heavy (non-hydrogen) atoms. The van der Waals surface area contributed by atoms with Crippen molar-refractivity contribution in [3.05, 3.63) is 65.4 Å². The van der Waals surface area contributed by atoms with E-state index in [2.05, 4.69) is 15.3 Å². The van der Waals surface area contributed by atoms with Crippen molar-refractivity contribution in [3.8, 4) is 0 Å². The zero-order chi connectivity index (χ0) is 23.8. The van der Waals surface area contributed by atoms with E-state index in [1.807, 2.05) is 0 Å². The number of hydrogen-bond donors (Lipinski definition) is 2. The smallest absolute Gasteiger partial charge is 0.266 e. The Morgan fingerprint density at radius 3 is 2.55 bits per heavy atom. The number of nitrogens with zero attached hydrogens (tertiary/aromatic N) is 3. The Morgan fingerprint density at radius 1 is 1.18 bits per heavy atom. The van der Waals surface area contributed by atoms with Crippen LogP contribution in [0.1, 0.15) is 56.0 Å². The minimum Gasteiger partial charge on any atom is -0.383 e. The highest BCUT2D eigenvalue weighted by molar-refractivity contribution is 5.91. The van der Waals surface area contributed by atoms with Crippen LogP contribution >= 0.6 is 0 Å². The summed E-state index contributed by atoms with van der Waals surface area (Å²) in [6.07, 6.45) is 0.952. The summed E-state index contributed by atoms with van der Waals surface area (Å²) in [4.78, 5) is 22.0. The molecular weight excluding hydrogens is 433 g/mol. The number of piperidine rings is 1. The van der Waals surface area contributed by atoms with Crippen LogP contribution in [0.5, 0.6) is 0 Å². The number of amides is 1. The lowest BCUT2D eigenvalue weighted by Gasteiger charge is -2.37. The topological polar surface area (TPSA) is 78.4 Å². The first-order chi connectivity index (χ1) is 15.7. The van der Waals surface area contributed by atoms with E-state index < -0.39 is 29.4 Å². The van der Waals surface area contributed by atoms with Gasteiger partial charge in [0.05, 0.1) is 29.0 Å². The molecular formula is C24H25F3N4O2. The molecule has 0 aliphatic carbocycles. The molecule has 0 radical (unpaired) electrons. The third-order valence-corrected chi connectivity index (χ3v) is 6.27. The van der Waals surface area contributed by atoms with Gasteiger partial charge in [-0.25, -0.2) is 13.2 Å². The maximum atomic E-state index is 14.6. The van der Waals surface area contributed by atoms with E-state index >= 15 is 0 Å². The largest absolute Gasteiger partial charge is 0.383 e. The summed E-state index contributed by atoms with van der Waals surface area (Å²) in [7, 11) is 0. The van der Waals surface area contributed by atoms with E-state index in [1.165, 1.54) is 19.1 Å². The summed E-state index contributed by atoms with van der Waals surface area (Å²) in [5.41, 5.74) is -0.0389. The predicted octanol–water partition coefficient (Wildman–Crippen LogP) is 4.71. The first-order valence-electron chi connectivity index (χ1n) is 10.8. The normalized spacial score (nSPS) is 16.8. The minimum absolute atomic E-state index is 0.0312. The van der Waals surface area contributed by atoms with Crippen LogP contribution in [-0.4, -0.2) is 39.0 Å².